The van der Waals surface area contributed by atoms with Crippen molar-refractivity contribution in [3.8, 4) is 27.9 Å². The summed E-state index contributed by atoms with van der Waals surface area (Å²) < 4.78 is 2.40. The SMILES string of the molecule is c1ccc(-c2ccc3[nH]c4ccc(-n5c6ccccc6c6cc(-c7ccccc7)ccc65)cc4c3c2)cc1. The highest BCUT2D eigenvalue weighted by Crippen LogP contribution is 2.37. The third-order valence-electron chi connectivity index (χ3n) is 7.73. The van der Waals surface area contributed by atoms with Gasteiger partial charge in [-0.1, -0.05) is 91.0 Å². The zero-order chi connectivity index (χ0) is 25.1. The lowest BCUT2D eigenvalue weighted by Crippen LogP contribution is -1.93. The Balaban J connectivity index is 1.36. The molecule has 0 spiro atoms. The Labute approximate surface area is 220 Å². The quantitative estimate of drug-likeness (QED) is 0.258. The Bertz CT molecular complexity index is 2110. The smallest absolute Gasteiger partial charge is 0.0541 e. The van der Waals surface area contributed by atoms with Crippen LogP contribution in [0.5, 0.6) is 0 Å². The van der Waals surface area contributed by atoms with Gasteiger partial charge >= 0.3 is 0 Å². The molecule has 0 aliphatic carbocycles. The fourth-order valence-electron chi connectivity index (χ4n) is 5.90. The largest absolute Gasteiger partial charge is 0.355 e. The van der Waals surface area contributed by atoms with Crippen molar-refractivity contribution < 1.29 is 0 Å². The monoisotopic (exact) mass is 484 g/mol. The number of para-hydroxylation sites is 1. The first-order valence-corrected chi connectivity index (χ1v) is 13.0. The summed E-state index contributed by atoms with van der Waals surface area (Å²) in [6.45, 7) is 0. The predicted octanol–water partition coefficient (Wildman–Crippen LogP) is 9.75. The molecule has 0 bridgehead atoms. The molecule has 6 aromatic carbocycles. The summed E-state index contributed by atoms with van der Waals surface area (Å²) in [7, 11) is 0. The maximum absolute atomic E-state index is 3.62. The Morgan fingerprint density at radius 1 is 0.368 bits per heavy atom. The van der Waals surface area contributed by atoms with Crippen LogP contribution in [0.2, 0.25) is 0 Å². The van der Waals surface area contributed by atoms with E-state index in [9.17, 15) is 0 Å². The maximum atomic E-state index is 3.62. The molecule has 0 atom stereocenters. The van der Waals surface area contributed by atoms with Crippen LogP contribution in [0.15, 0.2) is 140 Å². The molecule has 0 radical (unpaired) electrons. The summed E-state index contributed by atoms with van der Waals surface area (Å²) in [6.07, 6.45) is 0. The van der Waals surface area contributed by atoms with E-state index < -0.39 is 0 Å². The molecule has 8 aromatic rings. The molecule has 0 fully saturated rings. The summed E-state index contributed by atoms with van der Waals surface area (Å²) in [5, 5.41) is 5.02. The van der Waals surface area contributed by atoms with Gasteiger partial charge in [-0.25, -0.2) is 0 Å². The zero-order valence-corrected chi connectivity index (χ0v) is 20.7. The first kappa shape index (κ1) is 21.0. The maximum Gasteiger partial charge on any atom is 0.0541 e. The van der Waals surface area contributed by atoms with Gasteiger partial charge in [0.05, 0.1) is 11.0 Å². The van der Waals surface area contributed by atoms with E-state index in [-0.39, 0.29) is 0 Å². The lowest BCUT2D eigenvalue weighted by Gasteiger charge is -2.09. The number of rotatable bonds is 3. The summed E-state index contributed by atoms with van der Waals surface area (Å²) in [5.74, 6) is 0. The lowest BCUT2D eigenvalue weighted by atomic mass is 10.0. The second kappa shape index (κ2) is 8.22. The lowest BCUT2D eigenvalue weighted by molar-refractivity contribution is 1.19. The molecule has 0 saturated heterocycles. The molecule has 178 valence electrons. The van der Waals surface area contributed by atoms with Crippen LogP contribution in [0, 0.1) is 0 Å². The molecular formula is C36H24N2. The molecule has 38 heavy (non-hydrogen) atoms. The van der Waals surface area contributed by atoms with Crippen LogP contribution < -0.4 is 0 Å². The number of aromatic amines is 1. The van der Waals surface area contributed by atoms with Gasteiger partial charge in [0.25, 0.3) is 0 Å². The molecule has 8 rings (SSSR count). The highest BCUT2D eigenvalue weighted by molar-refractivity contribution is 6.12. The number of hydrogen-bond acceptors (Lipinski definition) is 0. The molecule has 0 aliphatic rings. The van der Waals surface area contributed by atoms with E-state index in [2.05, 4.69) is 149 Å². The van der Waals surface area contributed by atoms with E-state index in [0.29, 0.717) is 0 Å². The number of H-pyrrole nitrogens is 1. The Morgan fingerprint density at radius 3 is 1.66 bits per heavy atom. The molecule has 0 unspecified atom stereocenters. The highest BCUT2D eigenvalue weighted by atomic mass is 15.0. The fraction of sp³-hybridized carbons (Fsp3) is 0. The molecule has 2 heteroatoms. The van der Waals surface area contributed by atoms with E-state index in [4.69, 9.17) is 0 Å². The normalized spacial score (nSPS) is 11.7. The molecule has 2 heterocycles. The van der Waals surface area contributed by atoms with Gasteiger partial charge in [0.1, 0.15) is 0 Å². The van der Waals surface area contributed by atoms with E-state index in [0.717, 1.165) is 11.0 Å². The van der Waals surface area contributed by atoms with Crippen molar-refractivity contribution in [2.45, 2.75) is 0 Å². The van der Waals surface area contributed by atoms with Crippen molar-refractivity contribution in [2.24, 2.45) is 0 Å². The molecule has 1 N–H and O–H groups in total. The molecule has 0 amide bonds. The van der Waals surface area contributed by atoms with Crippen LogP contribution in [0.3, 0.4) is 0 Å². The fourth-order valence-corrected chi connectivity index (χ4v) is 5.90. The molecule has 2 aromatic heterocycles. The highest BCUT2D eigenvalue weighted by Gasteiger charge is 2.15. The number of benzene rings is 6. The first-order valence-electron chi connectivity index (χ1n) is 13.0. The third kappa shape index (κ3) is 3.21. The van der Waals surface area contributed by atoms with E-state index in [1.807, 2.05) is 0 Å². The summed E-state index contributed by atoms with van der Waals surface area (Å²) >= 11 is 0. The number of hydrogen-bond donors (Lipinski definition) is 1. The predicted molar refractivity (Wildman–Crippen MR) is 161 cm³/mol. The van der Waals surface area contributed by atoms with Gasteiger partial charge in [-0.05, 0) is 70.8 Å². The van der Waals surface area contributed by atoms with Gasteiger partial charge in [-0.2, -0.15) is 0 Å². The molecule has 0 aliphatic heterocycles. The number of fused-ring (bicyclic) bond motifs is 6. The summed E-state index contributed by atoms with van der Waals surface area (Å²) in [6, 6.07) is 50.3. The molecular weight excluding hydrogens is 460 g/mol. The number of aromatic nitrogens is 2. The Hall–Kier alpha value is -5.08. The molecule has 2 nitrogen and oxygen atoms in total. The van der Waals surface area contributed by atoms with Crippen molar-refractivity contribution in [3.05, 3.63) is 140 Å². The van der Waals surface area contributed by atoms with Gasteiger partial charge in [-0.15, -0.1) is 0 Å². The summed E-state index contributed by atoms with van der Waals surface area (Å²) in [4.78, 5) is 3.62. The van der Waals surface area contributed by atoms with Crippen LogP contribution >= 0.6 is 0 Å². The Kier molecular flexibility index (Phi) is 4.55. The van der Waals surface area contributed by atoms with Crippen LogP contribution in [-0.2, 0) is 0 Å². The van der Waals surface area contributed by atoms with Crippen LogP contribution in [0.1, 0.15) is 0 Å². The standard InChI is InChI=1S/C36H24N2/c1-3-9-24(10-4-1)26-15-18-33-30(21-26)31-23-28(17-19-34(31)37-33)38-35-14-8-7-13-29(35)32-22-27(16-20-36(32)38)25-11-5-2-6-12-25/h1-23,37H. The third-order valence-corrected chi connectivity index (χ3v) is 7.73. The first-order chi connectivity index (χ1) is 18.8. The number of nitrogens with zero attached hydrogens (tertiary/aromatic N) is 1. The van der Waals surface area contributed by atoms with Crippen molar-refractivity contribution >= 4 is 43.6 Å². The minimum atomic E-state index is 1.15. The van der Waals surface area contributed by atoms with Crippen LogP contribution in [-0.4, -0.2) is 9.55 Å². The van der Waals surface area contributed by atoms with Crippen molar-refractivity contribution in [3.63, 3.8) is 0 Å². The Morgan fingerprint density at radius 2 is 0.921 bits per heavy atom. The van der Waals surface area contributed by atoms with E-state index in [1.54, 1.807) is 0 Å². The second-order valence-electron chi connectivity index (χ2n) is 9.93. The second-order valence-corrected chi connectivity index (χ2v) is 9.93. The van der Waals surface area contributed by atoms with E-state index >= 15 is 0 Å². The van der Waals surface area contributed by atoms with Gasteiger partial charge in [0.2, 0.25) is 0 Å². The number of nitrogens with one attached hydrogen (secondary N) is 1. The van der Waals surface area contributed by atoms with Gasteiger partial charge in [-0.3, -0.25) is 0 Å². The van der Waals surface area contributed by atoms with Crippen molar-refractivity contribution in [1.29, 1.82) is 0 Å². The average Bonchev–Trinajstić information content (AvgIpc) is 3.52. The van der Waals surface area contributed by atoms with Gasteiger partial charge in [0.15, 0.2) is 0 Å². The van der Waals surface area contributed by atoms with Gasteiger partial charge in [0, 0.05) is 38.3 Å². The van der Waals surface area contributed by atoms with Gasteiger partial charge < -0.3 is 9.55 Å². The van der Waals surface area contributed by atoms with Crippen LogP contribution in [0.4, 0.5) is 0 Å². The average molecular weight is 485 g/mol. The van der Waals surface area contributed by atoms with Crippen molar-refractivity contribution in [2.75, 3.05) is 0 Å². The zero-order valence-electron chi connectivity index (χ0n) is 20.7. The van der Waals surface area contributed by atoms with Crippen molar-refractivity contribution in [1.82, 2.24) is 9.55 Å². The molecule has 0 saturated carbocycles. The minimum absolute atomic E-state index is 1.15. The van der Waals surface area contributed by atoms with E-state index in [1.165, 1.54) is 60.5 Å². The summed E-state index contributed by atoms with van der Waals surface area (Å²) in [5.41, 5.74) is 10.9. The van der Waals surface area contributed by atoms with Crippen LogP contribution in [0.25, 0.3) is 71.6 Å². The topological polar surface area (TPSA) is 20.7 Å². The minimum Gasteiger partial charge on any atom is -0.355 e.